The molecule has 0 aliphatic heterocycles. The molecule has 5 nitrogen and oxygen atoms in total. The molecule has 0 aliphatic rings. The fraction of sp³-hybridized carbons (Fsp3) is 0.400. The highest BCUT2D eigenvalue weighted by molar-refractivity contribution is 5.89. The molecule has 0 bridgehead atoms. The molecule has 33 heavy (non-hydrogen) atoms. The van der Waals surface area contributed by atoms with Crippen LogP contribution in [0, 0.1) is 12.8 Å². The highest BCUT2D eigenvalue weighted by atomic mass is 19.4. The van der Waals surface area contributed by atoms with Crippen LogP contribution >= 0.6 is 0 Å². The lowest BCUT2D eigenvalue weighted by molar-refractivity contribution is -0.138. The van der Waals surface area contributed by atoms with Gasteiger partial charge in [-0.3, -0.25) is 9.59 Å². The molecule has 178 valence electrons. The van der Waals surface area contributed by atoms with Crippen molar-refractivity contribution in [1.82, 2.24) is 10.6 Å². The van der Waals surface area contributed by atoms with E-state index >= 15 is 0 Å². The van der Waals surface area contributed by atoms with Crippen molar-refractivity contribution in [2.75, 3.05) is 0 Å². The fourth-order valence-corrected chi connectivity index (χ4v) is 3.51. The summed E-state index contributed by atoms with van der Waals surface area (Å²) < 4.78 is 38.7. The number of aldehydes is 1. The summed E-state index contributed by atoms with van der Waals surface area (Å²) in [5, 5.41) is 5.36. The number of benzene rings is 2. The lowest BCUT2D eigenvalue weighted by atomic mass is 10.00. The number of alkyl halides is 3. The van der Waals surface area contributed by atoms with E-state index < -0.39 is 35.6 Å². The van der Waals surface area contributed by atoms with Gasteiger partial charge < -0.3 is 15.4 Å². The number of aryl methyl sites for hydroxylation is 2. The number of rotatable bonds is 10. The van der Waals surface area contributed by atoms with E-state index in [9.17, 15) is 27.6 Å². The van der Waals surface area contributed by atoms with Crippen molar-refractivity contribution >= 4 is 18.1 Å². The third kappa shape index (κ3) is 8.04. The molecule has 2 amide bonds. The Morgan fingerprint density at radius 1 is 1.00 bits per heavy atom. The van der Waals surface area contributed by atoms with Gasteiger partial charge in [0.25, 0.3) is 0 Å². The van der Waals surface area contributed by atoms with Crippen LogP contribution in [0.2, 0.25) is 0 Å². The van der Waals surface area contributed by atoms with E-state index in [1.54, 1.807) is 13.8 Å². The van der Waals surface area contributed by atoms with Gasteiger partial charge in [-0.25, -0.2) is 0 Å². The number of carbonyl (C=O) groups is 3. The molecule has 0 aromatic heterocycles. The van der Waals surface area contributed by atoms with E-state index in [2.05, 4.69) is 10.6 Å². The van der Waals surface area contributed by atoms with Crippen LogP contribution in [0.3, 0.4) is 0 Å². The van der Waals surface area contributed by atoms with Gasteiger partial charge in [-0.15, -0.1) is 0 Å². The van der Waals surface area contributed by atoms with E-state index in [4.69, 9.17) is 0 Å². The van der Waals surface area contributed by atoms with Gasteiger partial charge in [0.15, 0.2) is 0 Å². The van der Waals surface area contributed by atoms with E-state index in [0.29, 0.717) is 18.3 Å². The molecule has 0 saturated carbocycles. The highest BCUT2D eigenvalue weighted by Gasteiger charge is 2.32. The summed E-state index contributed by atoms with van der Waals surface area (Å²) in [6.45, 7) is 4.93. The first-order valence-electron chi connectivity index (χ1n) is 10.8. The van der Waals surface area contributed by atoms with Crippen molar-refractivity contribution in [3.05, 3.63) is 70.8 Å². The second kappa shape index (κ2) is 11.6. The van der Waals surface area contributed by atoms with Gasteiger partial charge in [-0.2, -0.15) is 13.2 Å². The van der Waals surface area contributed by atoms with Gasteiger partial charge >= 0.3 is 6.18 Å². The first-order valence-corrected chi connectivity index (χ1v) is 10.8. The van der Waals surface area contributed by atoms with Crippen LogP contribution in [0.4, 0.5) is 13.2 Å². The van der Waals surface area contributed by atoms with Crippen molar-refractivity contribution in [2.45, 2.75) is 58.3 Å². The van der Waals surface area contributed by atoms with Crippen molar-refractivity contribution in [1.29, 1.82) is 0 Å². The molecule has 2 aromatic rings. The minimum Gasteiger partial charge on any atom is -0.344 e. The van der Waals surface area contributed by atoms with Gasteiger partial charge in [-0.1, -0.05) is 56.3 Å². The van der Waals surface area contributed by atoms with Crippen LogP contribution in [-0.4, -0.2) is 30.2 Å². The van der Waals surface area contributed by atoms with Crippen LogP contribution in [0.25, 0.3) is 0 Å². The Labute approximate surface area is 191 Å². The van der Waals surface area contributed by atoms with E-state index in [1.807, 2.05) is 30.3 Å². The molecule has 0 aliphatic carbocycles. The van der Waals surface area contributed by atoms with Crippen molar-refractivity contribution < 1.29 is 27.6 Å². The molecule has 0 heterocycles. The maximum absolute atomic E-state index is 12.9. The Kier molecular flexibility index (Phi) is 9.20. The zero-order valence-corrected chi connectivity index (χ0v) is 18.9. The molecule has 0 fully saturated rings. The highest BCUT2D eigenvalue weighted by Crippen LogP contribution is 2.32. The molecular weight excluding hydrogens is 433 g/mol. The SMILES string of the molecule is Cc1cc(CCC(=O)N[C@H](C(=O)NC(C=O)Cc2ccccc2)C(C)C)ccc1C(F)(F)F. The predicted octanol–water partition coefficient (Wildman–Crippen LogP) is 4.01. The lowest BCUT2D eigenvalue weighted by Gasteiger charge is -2.24. The molecule has 2 rings (SSSR count). The number of halogens is 3. The van der Waals surface area contributed by atoms with Gasteiger partial charge in [0.2, 0.25) is 11.8 Å². The Morgan fingerprint density at radius 3 is 2.21 bits per heavy atom. The Morgan fingerprint density at radius 2 is 1.67 bits per heavy atom. The topological polar surface area (TPSA) is 75.3 Å². The number of hydrogen-bond donors (Lipinski definition) is 2. The molecule has 0 spiro atoms. The molecule has 1 unspecified atom stereocenters. The molecule has 8 heteroatoms. The number of hydrogen-bond acceptors (Lipinski definition) is 3. The third-order valence-corrected chi connectivity index (χ3v) is 5.29. The van der Waals surface area contributed by atoms with Gasteiger partial charge in [0.05, 0.1) is 11.6 Å². The fourth-order valence-electron chi connectivity index (χ4n) is 3.51. The van der Waals surface area contributed by atoms with Crippen molar-refractivity contribution in [3.63, 3.8) is 0 Å². The molecule has 2 N–H and O–H groups in total. The minimum absolute atomic E-state index is 0.0163. The average molecular weight is 463 g/mol. The summed E-state index contributed by atoms with van der Waals surface area (Å²) in [4.78, 5) is 36.7. The molecule has 0 radical (unpaired) electrons. The number of nitrogens with one attached hydrogen (secondary N) is 2. The summed E-state index contributed by atoms with van der Waals surface area (Å²) in [5.74, 6) is -1.09. The van der Waals surface area contributed by atoms with E-state index in [1.165, 1.54) is 19.1 Å². The molecule has 2 atom stereocenters. The molecule has 2 aromatic carbocycles. The predicted molar refractivity (Wildman–Crippen MR) is 119 cm³/mol. The third-order valence-electron chi connectivity index (χ3n) is 5.29. The zero-order chi connectivity index (χ0) is 24.6. The summed E-state index contributed by atoms with van der Waals surface area (Å²) in [6.07, 6.45) is -3.17. The summed E-state index contributed by atoms with van der Waals surface area (Å²) in [6, 6.07) is 11.5. The zero-order valence-electron chi connectivity index (χ0n) is 18.9. The monoisotopic (exact) mass is 462 g/mol. The van der Waals surface area contributed by atoms with Crippen molar-refractivity contribution in [2.24, 2.45) is 5.92 Å². The molecule has 0 saturated heterocycles. The average Bonchev–Trinajstić information content (AvgIpc) is 2.75. The normalized spacial score (nSPS) is 13.3. The second-order valence-electron chi connectivity index (χ2n) is 8.38. The van der Waals surface area contributed by atoms with E-state index in [0.717, 1.165) is 11.6 Å². The van der Waals surface area contributed by atoms with E-state index in [-0.39, 0.29) is 24.3 Å². The van der Waals surface area contributed by atoms with Crippen LogP contribution in [0.5, 0.6) is 0 Å². The quantitative estimate of drug-likeness (QED) is 0.524. The van der Waals surface area contributed by atoms with Gasteiger partial charge in [-0.05, 0) is 48.4 Å². The van der Waals surface area contributed by atoms with Gasteiger partial charge in [0.1, 0.15) is 12.3 Å². The van der Waals surface area contributed by atoms with Crippen LogP contribution in [-0.2, 0) is 33.4 Å². The Bertz CT molecular complexity index is 959. The number of carbonyl (C=O) groups excluding carboxylic acids is 3. The van der Waals surface area contributed by atoms with Crippen LogP contribution in [0.1, 0.15) is 42.5 Å². The van der Waals surface area contributed by atoms with Gasteiger partial charge in [0, 0.05) is 6.42 Å². The summed E-state index contributed by atoms with van der Waals surface area (Å²) in [7, 11) is 0. The Balaban J connectivity index is 1.95. The first-order chi connectivity index (χ1) is 15.5. The van der Waals surface area contributed by atoms with Crippen LogP contribution < -0.4 is 10.6 Å². The summed E-state index contributed by atoms with van der Waals surface area (Å²) in [5.41, 5.74) is 0.891. The van der Waals surface area contributed by atoms with Crippen LogP contribution in [0.15, 0.2) is 48.5 Å². The second-order valence-corrected chi connectivity index (χ2v) is 8.38. The number of amides is 2. The minimum atomic E-state index is -4.42. The molecular formula is C25H29F3N2O3. The maximum atomic E-state index is 12.9. The van der Waals surface area contributed by atoms with Crippen molar-refractivity contribution in [3.8, 4) is 0 Å². The summed E-state index contributed by atoms with van der Waals surface area (Å²) >= 11 is 0. The smallest absolute Gasteiger partial charge is 0.344 e. The standard InChI is InChI=1S/C25H29F3N2O3/c1-16(2)23(24(33)29-20(15-31)14-18-7-5-4-6-8-18)30-22(32)12-10-19-9-11-21(17(3)13-19)25(26,27)28/h4-9,11,13,15-16,20,23H,10,12,14H2,1-3H3,(H,29,33)(H,30,32)/t20?,23-/m0/s1. The largest absolute Gasteiger partial charge is 0.416 e. The first kappa shape index (κ1) is 26.1. The lowest BCUT2D eigenvalue weighted by Crippen LogP contribution is -2.52. The Hall–Kier alpha value is -3.16. The maximum Gasteiger partial charge on any atom is 0.416 e.